The molecule has 0 spiro atoms. The quantitative estimate of drug-likeness (QED) is 0.327. The van der Waals surface area contributed by atoms with Gasteiger partial charge >= 0.3 is 0 Å². The Balaban J connectivity index is 2.46. The predicted molar refractivity (Wildman–Crippen MR) is 109 cm³/mol. The molecule has 0 unspecified atom stereocenters. The normalized spacial score (nSPS) is 11.5. The van der Waals surface area contributed by atoms with Crippen LogP contribution in [0, 0.1) is 0 Å². The van der Waals surface area contributed by atoms with E-state index < -0.39 is 0 Å². The maximum absolute atomic E-state index is 11.7. The van der Waals surface area contributed by atoms with Crippen LogP contribution in [0.15, 0.2) is 73.8 Å². The van der Waals surface area contributed by atoms with E-state index >= 15 is 0 Å². The van der Waals surface area contributed by atoms with E-state index in [1.165, 1.54) is 23.3 Å². The predicted octanol–water partition coefficient (Wildman–Crippen LogP) is 6.15. The smallest absolute Gasteiger partial charge is 0.185 e. The maximum Gasteiger partial charge on any atom is 0.185 e. The molecule has 2 heteroatoms. The fraction of sp³-hybridized carbons (Fsp3) is 0.167. The lowest BCUT2D eigenvalue weighted by Crippen LogP contribution is -1.97. The molecule has 26 heavy (non-hydrogen) atoms. The highest BCUT2D eigenvalue weighted by molar-refractivity contribution is 6.05. The third-order valence-corrected chi connectivity index (χ3v) is 4.48. The molecular weight excluding hydrogens is 320 g/mol. The van der Waals surface area contributed by atoms with Gasteiger partial charge in [0.1, 0.15) is 0 Å². The summed E-state index contributed by atoms with van der Waals surface area (Å²) in [6, 6.07) is 15.3. The number of carbonyl (C=O) groups is 2. The lowest BCUT2D eigenvalue weighted by Gasteiger charge is -2.15. The van der Waals surface area contributed by atoms with Gasteiger partial charge in [-0.3, -0.25) is 9.59 Å². The van der Waals surface area contributed by atoms with Crippen molar-refractivity contribution in [2.75, 3.05) is 0 Å². The first kappa shape index (κ1) is 19.3. The first-order valence-electron chi connectivity index (χ1n) is 8.82. The number of hydrogen-bond acceptors (Lipinski definition) is 2. The van der Waals surface area contributed by atoms with E-state index in [0.717, 1.165) is 24.0 Å². The van der Waals surface area contributed by atoms with Crippen molar-refractivity contribution < 1.29 is 9.59 Å². The van der Waals surface area contributed by atoms with Gasteiger partial charge < -0.3 is 0 Å². The third kappa shape index (κ3) is 4.15. The first-order valence-corrected chi connectivity index (χ1v) is 8.82. The van der Waals surface area contributed by atoms with Crippen LogP contribution in [0.5, 0.6) is 0 Å². The second-order valence-corrected chi connectivity index (χ2v) is 5.96. The lowest BCUT2D eigenvalue weighted by atomic mass is 9.90. The van der Waals surface area contributed by atoms with Gasteiger partial charge in [-0.1, -0.05) is 75.5 Å². The topological polar surface area (TPSA) is 34.1 Å². The van der Waals surface area contributed by atoms with Crippen molar-refractivity contribution >= 4 is 22.7 Å². The van der Waals surface area contributed by atoms with Crippen LogP contribution in [0.3, 0.4) is 0 Å². The van der Waals surface area contributed by atoms with Crippen LogP contribution in [0.25, 0.3) is 11.1 Å². The van der Waals surface area contributed by atoms with Gasteiger partial charge in [0.2, 0.25) is 0 Å². The van der Waals surface area contributed by atoms with Gasteiger partial charge in [-0.05, 0) is 47.3 Å². The van der Waals surface area contributed by atoms with Gasteiger partial charge in [-0.15, -0.1) is 0 Å². The Labute approximate surface area is 155 Å². The van der Waals surface area contributed by atoms with Crippen LogP contribution in [0.2, 0.25) is 0 Å². The molecule has 0 aromatic heterocycles. The number of carbonyl (C=O) groups excluding carboxylic acids is 2. The summed E-state index contributed by atoms with van der Waals surface area (Å²) in [7, 11) is 0. The Morgan fingerprint density at radius 1 is 0.654 bits per heavy atom. The van der Waals surface area contributed by atoms with Crippen LogP contribution >= 0.6 is 0 Å². The SMILES string of the molecule is C=CC(=O)c1ccc(C(CC)=C(CC)c2ccc(C(=O)C=C)cc2)cc1. The lowest BCUT2D eigenvalue weighted by molar-refractivity contribution is 0.103. The Morgan fingerprint density at radius 3 is 1.15 bits per heavy atom. The summed E-state index contributed by atoms with van der Waals surface area (Å²) in [4.78, 5) is 23.4. The summed E-state index contributed by atoms with van der Waals surface area (Å²) < 4.78 is 0. The minimum absolute atomic E-state index is 0.0724. The van der Waals surface area contributed by atoms with E-state index in [4.69, 9.17) is 0 Å². The van der Waals surface area contributed by atoms with Gasteiger partial charge in [0.05, 0.1) is 0 Å². The number of benzene rings is 2. The average molecular weight is 344 g/mol. The first-order chi connectivity index (χ1) is 12.5. The van der Waals surface area contributed by atoms with Gasteiger partial charge in [0, 0.05) is 11.1 Å². The van der Waals surface area contributed by atoms with Gasteiger partial charge in [0.25, 0.3) is 0 Å². The third-order valence-electron chi connectivity index (χ3n) is 4.48. The fourth-order valence-corrected chi connectivity index (χ4v) is 3.09. The van der Waals surface area contributed by atoms with E-state index in [0.29, 0.717) is 11.1 Å². The molecule has 0 radical (unpaired) electrons. The molecule has 0 saturated carbocycles. The van der Waals surface area contributed by atoms with Crippen molar-refractivity contribution in [1.29, 1.82) is 0 Å². The molecule has 132 valence electrons. The standard InChI is InChI=1S/C24H24O2/c1-5-21(17-9-13-19(14-10-17)23(25)7-3)22(6-2)18-11-15-20(16-12-18)24(26)8-4/h7-16H,3-6H2,1-2H3. The molecule has 0 amide bonds. The highest BCUT2D eigenvalue weighted by atomic mass is 16.1. The summed E-state index contributed by atoms with van der Waals surface area (Å²) >= 11 is 0. The van der Waals surface area contributed by atoms with Crippen LogP contribution in [0.4, 0.5) is 0 Å². The summed E-state index contributed by atoms with van der Waals surface area (Å²) in [6.45, 7) is 11.3. The monoisotopic (exact) mass is 344 g/mol. The fourth-order valence-electron chi connectivity index (χ4n) is 3.09. The van der Waals surface area contributed by atoms with Gasteiger partial charge in [0.15, 0.2) is 11.6 Å². The zero-order valence-electron chi connectivity index (χ0n) is 15.4. The van der Waals surface area contributed by atoms with E-state index in [1.807, 2.05) is 48.5 Å². The molecule has 0 aliphatic carbocycles. The van der Waals surface area contributed by atoms with Gasteiger partial charge in [-0.25, -0.2) is 0 Å². The minimum Gasteiger partial charge on any atom is -0.289 e. The molecule has 0 heterocycles. The summed E-state index contributed by atoms with van der Waals surface area (Å²) in [6.07, 6.45) is 4.42. The molecule has 0 atom stereocenters. The van der Waals surface area contributed by atoms with Crippen molar-refractivity contribution in [3.05, 3.63) is 96.1 Å². The van der Waals surface area contributed by atoms with Crippen molar-refractivity contribution in [3.63, 3.8) is 0 Å². The Hall–Kier alpha value is -3.00. The molecule has 0 bridgehead atoms. The molecule has 2 aromatic rings. The van der Waals surface area contributed by atoms with E-state index in [-0.39, 0.29) is 11.6 Å². The summed E-state index contributed by atoms with van der Waals surface area (Å²) in [5.74, 6) is -0.145. The highest BCUT2D eigenvalue weighted by Gasteiger charge is 2.11. The zero-order chi connectivity index (χ0) is 19.1. The van der Waals surface area contributed by atoms with Crippen molar-refractivity contribution in [3.8, 4) is 0 Å². The van der Waals surface area contributed by atoms with E-state index in [2.05, 4.69) is 27.0 Å². The molecule has 2 rings (SSSR count). The number of ketones is 2. The van der Waals surface area contributed by atoms with Crippen LogP contribution in [-0.4, -0.2) is 11.6 Å². The van der Waals surface area contributed by atoms with Crippen LogP contribution in [-0.2, 0) is 0 Å². The maximum atomic E-state index is 11.7. The molecule has 0 aliphatic heterocycles. The number of hydrogen-bond donors (Lipinski definition) is 0. The summed E-state index contributed by atoms with van der Waals surface area (Å²) in [5, 5.41) is 0. The zero-order valence-corrected chi connectivity index (χ0v) is 15.4. The van der Waals surface area contributed by atoms with Crippen LogP contribution in [0.1, 0.15) is 58.5 Å². The van der Waals surface area contributed by atoms with Crippen LogP contribution < -0.4 is 0 Å². The molecular formula is C24H24O2. The minimum atomic E-state index is -0.0724. The molecule has 0 aliphatic rings. The number of rotatable bonds is 8. The average Bonchev–Trinajstić information content (AvgIpc) is 2.71. The Bertz CT molecular complexity index is 777. The molecule has 0 N–H and O–H groups in total. The molecule has 0 saturated heterocycles. The largest absolute Gasteiger partial charge is 0.289 e. The van der Waals surface area contributed by atoms with E-state index in [1.54, 1.807) is 0 Å². The molecule has 2 nitrogen and oxygen atoms in total. The van der Waals surface area contributed by atoms with Crippen molar-refractivity contribution in [2.45, 2.75) is 26.7 Å². The Morgan fingerprint density at radius 2 is 0.923 bits per heavy atom. The van der Waals surface area contributed by atoms with Crippen molar-refractivity contribution in [1.82, 2.24) is 0 Å². The number of allylic oxidation sites excluding steroid dienone is 4. The molecule has 0 fully saturated rings. The second-order valence-electron chi connectivity index (χ2n) is 5.96. The molecule has 2 aromatic carbocycles. The Kier molecular flexibility index (Phi) is 6.62. The highest BCUT2D eigenvalue weighted by Crippen LogP contribution is 2.31. The van der Waals surface area contributed by atoms with Crippen molar-refractivity contribution in [2.24, 2.45) is 0 Å². The second kappa shape index (κ2) is 8.91. The summed E-state index contributed by atoms with van der Waals surface area (Å²) in [5.41, 5.74) is 5.99. The van der Waals surface area contributed by atoms with E-state index in [9.17, 15) is 9.59 Å². The van der Waals surface area contributed by atoms with Gasteiger partial charge in [-0.2, -0.15) is 0 Å².